The Morgan fingerprint density at radius 3 is 2.50 bits per heavy atom. The number of rotatable bonds is 6. The predicted molar refractivity (Wildman–Crippen MR) is 79.0 cm³/mol. The molecule has 1 atom stereocenters. The molecule has 0 fully saturated rings. The molecule has 0 saturated heterocycles. The molecule has 20 heavy (non-hydrogen) atoms. The Hall–Kier alpha value is -1.56. The molecule has 0 bridgehead atoms. The number of halogens is 1. The maximum atomic E-state index is 12.0. The zero-order chi connectivity index (χ0) is 15.3. The number of carboxylic acid groups (broad SMARTS) is 1. The second-order valence-corrected chi connectivity index (χ2v) is 5.71. The first-order chi connectivity index (χ1) is 9.29. The van der Waals surface area contributed by atoms with Gasteiger partial charge in [0.1, 0.15) is 5.75 Å². The molecular formula is C14H18BrNO4. The maximum absolute atomic E-state index is 12.0. The number of carbonyl (C=O) groups excluding carboxylic acids is 1. The third-order valence-corrected chi connectivity index (χ3v) is 2.95. The molecule has 1 rings (SSSR count). The minimum Gasteiger partial charge on any atom is -0.491 e. The van der Waals surface area contributed by atoms with Crippen LogP contribution < -0.4 is 10.1 Å². The van der Waals surface area contributed by atoms with E-state index in [0.29, 0.717) is 11.3 Å². The minimum absolute atomic E-state index is 0.00671. The topological polar surface area (TPSA) is 75.6 Å². The van der Waals surface area contributed by atoms with E-state index in [1.807, 2.05) is 13.8 Å². The van der Waals surface area contributed by atoms with Crippen LogP contribution in [0, 0.1) is 5.92 Å². The molecule has 110 valence electrons. The summed E-state index contributed by atoms with van der Waals surface area (Å²) in [5.74, 6) is -1.31. The van der Waals surface area contributed by atoms with Gasteiger partial charge in [0.05, 0.1) is 12.0 Å². The van der Waals surface area contributed by atoms with Crippen molar-refractivity contribution in [2.45, 2.75) is 26.9 Å². The van der Waals surface area contributed by atoms with Gasteiger partial charge in [-0.15, -0.1) is 0 Å². The van der Waals surface area contributed by atoms with Gasteiger partial charge in [0, 0.05) is 16.6 Å². The maximum Gasteiger partial charge on any atom is 0.308 e. The molecule has 1 unspecified atom stereocenters. The van der Waals surface area contributed by atoms with Gasteiger partial charge in [-0.1, -0.05) is 22.9 Å². The number of ether oxygens (including phenoxy) is 1. The molecule has 1 amide bonds. The molecular weight excluding hydrogens is 326 g/mol. The second kappa shape index (κ2) is 7.28. The average Bonchev–Trinajstić information content (AvgIpc) is 2.33. The highest BCUT2D eigenvalue weighted by Gasteiger charge is 2.14. The summed E-state index contributed by atoms with van der Waals surface area (Å²) in [7, 11) is 0. The van der Waals surface area contributed by atoms with Gasteiger partial charge in [-0.25, -0.2) is 0 Å². The fourth-order valence-corrected chi connectivity index (χ4v) is 1.94. The molecule has 0 aliphatic rings. The minimum atomic E-state index is -0.941. The first kappa shape index (κ1) is 16.5. The van der Waals surface area contributed by atoms with Crippen LogP contribution in [0.25, 0.3) is 0 Å². The summed E-state index contributed by atoms with van der Waals surface area (Å²) in [4.78, 5) is 22.7. The van der Waals surface area contributed by atoms with Gasteiger partial charge in [-0.05, 0) is 32.0 Å². The number of hydrogen-bond acceptors (Lipinski definition) is 3. The van der Waals surface area contributed by atoms with Crippen molar-refractivity contribution in [2.75, 3.05) is 6.54 Å². The first-order valence-electron chi connectivity index (χ1n) is 6.28. The molecule has 0 saturated carbocycles. The molecule has 0 aliphatic heterocycles. The van der Waals surface area contributed by atoms with Crippen LogP contribution in [0.4, 0.5) is 0 Å². The monoisotopic (exact) mass is 343 g/mol. The van der Waals surface area contributed by atoms with Crippen molar-refractivity contribution in [1.82, 2.24) is 5.32 Å². The predicted octanol–water partition coefficient (Wildman–Crippen LogP) is 2.69. The van der Waals surface area contributed by atoms with Gasteiger partial charge in [0.15, 0.2) is 0 Å². The van der Waals surface area contributed by atoms with Crippen molar-refractivity contribution in [3.05, 3.63) is 28.2 Å². The van der Waals surface area contributed by atoms with Gasteiger partial charge in [-0.3, -0.25) is 9.59 Å². The van der Waals surface area contributed by atoms with Crippen LogP contribution in [0.1, 0.15) is 31.1 Å². The van der Waals surface area contributed by atoms with E-state index in [9.17, 15) is 9.59 Å². The number of amides is 1. The molecule has 1 aromatic rings. The van der Waals surface area contributed by atoms with E-state index in [4.69, 9.17) is 9.84 Å². The zero-order valence-corrected chi connectivity index (χ0v) is 13.2. The number of benzene rings is 1. The van der Waals surface area contributed by atoms with Gasteiger partial charge < -0.3 is 15.2 Å². The van der Waals surface area contributed by atoms with E-state index in [1.54, 1.807) is 18.2 Å². The smallest absolute Gasteiger partial charge is 0.308 e. The number of carbonyl (C=O) groups is 2. The van der Waals surface area contributed by atoms with Crippen molar-refractivity contribution in [1.29, 1.82) is 0 Å². The highest BCUT2D eigenvalue weighted by Crippen LogP contribution is 2.22. The molecule has 0 aliphatic carbocycles. The third kappa shape index (κ3) is 5.21. The Balaban J connectivity index is 2.77. The van der Waals surface area contributed by atoms with Crippen LogP contribution in [0.2, 0.25) is 0 Å². The highest BCUT2D eigenvalue weighted by atomic mass is 79.9. The Morgan fingerprint density at radius 2 is 1.95 bits per heavy atom. The summed E-state index contributed by atoms with van der Waals surface area (Å²) in [6.07, 6.45) is 0.00671. The van der Waals surface area contributed by atoms with E-state index in [0.717, 1.165) is 4.47 Å². The molecule has 6 heteroatoms. The van der Waals surface area contributed by atoms with E-state index in [2.05, 4.69) is 21.2 Å². The molecule has 1 aromatic carbocycles. The van der Waals surface area contributed by atoms with Crippen LogP contribution in [-0.4, -0.2) is 29.6 Å². The van der Waals surface area contributed by atoms with Crippen molar-refractivity contribution in [2.24, 2.45) is 5.92 Å². The fraction of sp³-hybridized carbons (Fsp3) is 0.429. The lowest BCUT2D eigenvalue weighted by Crippen LogP contribution is -2.31. The van der Waals surface area contributed by atoms with Crippen LogP contribution in [0.15, 0.2) is 22.7 Å². The summed E-state index contributed by atoms with van der Waals surface area (Å²) in [6.45, 7) is 5.42. The van der Waals surface area contributed by atoms with Gasteiger partial charge in [-0.2, -0.15) is 0 Å². The standard InChI is InChI=1S/C14H18BrNO4/c1-8(2)20-12-5-10(4-11(15)6-12)13(17)16-7-9(3)14(18)19/h4-6,8-9H,7H2,1-3H3,(H,16,17)(H,18,19). The number of hydrogen-bond donors (Lipinski definition) is 2. The number of nitrogens with one attached hydrogen (secondary N) is 1. The molecule has 0 spiro atoms. The van der Waals surface area contributed by atoms with E-state index >= 15 is 0 Å². The molecule has 5 nitrogen and oxygen atoms in total. The summed E-state index contributed by atoms with van der Waals surface area (Å²) < 4.78 is 6.27. The lowest BCUT2D eigenvalue weighted by molar-refractivity contribution is -0.140. The quantitative estimate of drug-likeness (QED) is 0.832. The normalized spacial score (nSPS) is 12.1. The first-order valence-corrected chi connectivity index (χ1v) is 7.07. The van der Waals surface area contributed by atoms with Gasteiger partial charge >= 0.3 is 5.97 Å². The van der Waals surface area contributed by atoms with Crippen molar-refractivity contribution < 1.29 is 19.4 Å². The van der Waals surface area contributed by atoms with Crippen molar-refractivity contribution in [3.8, 4) is 5.75 Å². The largest absolute Gasteiger partial charge is 0.491 e. The molecule has 0 aromatic heterocycles. The summed E-state index contributed by atoms with van der Waals surface area (Å²) in [6, 6.07) is 5.07. The molecule has 2 N–H and O–H groups in total. The number of carboxylic acids is 1. The second-order valence-electron chi connectivity index (χ2n) is 4.79. The highest BCUT2D eigenvalue weighted by molar-refractivity contribution is 9.10. The molecule has 0 heterocycles. The lowest BCUT2D eigenvalue weighted by Gasteiger charge is -2.12. The Bertz CT molecular complexity index is 502. The SMILES string of the molecule is CC(C)Oc1cc(Br)cc(C(=O)NCC(C)C(=O)O)c1. The Morgan fingerprint density at radius 1 is 1.30 bits per heavy atom. The van der Waals surface area contributed by atoms with E-state index < -0.39 is 11.9 Å². The zero-order valence-electron chi connectivity index (χ0n) is 11.6. The van der Waals surface area contributed by atoms with Crippen molar-refractivity contribution in [3.63, 3.8) is 0 Å². The van der Waals surface area contributed by atoms with Gasteiger partial charge in [0.25, 0.3) is 5.91 Å². The van der Waals surface area contributed by atoms with Crippen LogP contribution in [0.5, 0.6) is 5.75 Å². The van der Waals surface area contributed by atoms with Gasteiger partial charge in [0.2, 0.25) is 0 Å². The molecule has 0 radical (unpaired) electrons. The Kier molecular flexibility index (Phi) is 6.01. The number of aliphatic carboxylic acids is 1. The van der Waals surface area contributed by atoms with Crippen LogP contribution in [0.3, 0.4) is 0 Å². The summed E-state index contributed by atoms with van der Waals surface area (Å²) in [5, 5.41) is 11.4. The third-order valence-electron chi connectivity index (χ3n) is 2.50. The van der Waals surface area contributed by atoms with E-state index in [-0.39, 0.29) is 18.6 Å². The lowest BCUT2D eigenvalue weighted by atomic mass is 10.1. The van der Waals surface area contributed by atoms with Crippen LogP contribution >= 0.6 is 15.9 Å². The van der Waals surface area contributed by atoms with Crippen molar-refractivity contribution >= 4 is 27.8 Å². The fourth-order valence-electron chi connectivity index (χ4n) is 1.47. The Labute approximate surface area is 126 Å². The van der Waals surface area contributed by atoms with Crippen LogP contribution in [-0.2, 0) is 4.79 Å². The average molecular weight is 344 g/mol. The summed E-state index contributed by atoms with van der Waals surface area (Å²) in [5.41, 5.74) is 0.424. The van der Waals surface area contributed by atoms with E-state index in [1.165, 1.54) is 6.92 Å². The summed E-state index contributed by atoms with van der Waals surface area (Å²) >= 11 is 3.32.